The summed E-state index contributed by atoms with van der Waals surface area (Å²) in [6.07, 6.45) is 5.11. The van der Waals surface area contributed by atoms with E-state index in [4.69, 9.17) is 0 Å². The molecule has 1 fully saturated rings. The molecule has 2 aliphatic rings. The Morgan fingerprint density at radius 3 is 2.88 bits per heavy atom. The maximum atomic E-state index is 13.5. The molecule has 4 heteroatoms. The first-order valence-electron chi connectivity index (χ1n) is 6.23. The maximum absolute atomic E-state index is 13.5. The van der Waals surface area contributed by atoms with E-state index in [1.54, 1.807) is 6.07 Å². The normalized spacial score (nSPS) is 27.2. The molecule has 2 N–H and O–H groups in total. The van der Waals surface area contributed by atoms with Gasteiger partial charge in [-0.25, -0.2) is 4.39 Å². The van der Waals surface area contributed by atoms with Crippen LogP contribution in [0, 0.1) is 11.7 Å². The molecule has 1 saturated carbocycles. The van der Waals surface area contributed by atoms with Crippen molar-refractivity contribution in [3.05, 3.63) is 22.4 Å². The van der Waals surface area contributed by atoms with E-state index in [9.17, 15) is 4.39 Å². The number of halogens is 2. The van der Waals surface area contributed by atoms with E-state index in [1.807, 2.05) is 6.07 Å². The van der Waals surface area contributed by atoms with Crippen molar-refractivity contribution in [3.8, 4) is 0 Å². The van der Waals surface area contributed by atoms with E-state index >= 15 is 0 Å². The van der Waals surface area contributed by atoms with Crippen LogP contribution >= 0.6 is 15.9 Å². The van der Waals surface area contributed by atoms with E-state index in [1.165, 1.54) is 25.7 Å². The van der Waals surface area contributed by atoms with Crippen molar-refractivity contribution in [3.63, 3.8) is 0 Å². The maximum Gasteiger partial charge on any atom is 0.139 e. The van der Waals surface area contributed by atoms with Crippen molar-refractivity contribution in [2.45, 2.75) is 31.7 Å². The van der Waals surface area contributed by atoms with Gasteiger partial charge in [-0.3, -0.25) is 0 Å². The van der Waals surface area contributed by atoms with Gasteiger partial charge in [0.25, 0.3) is 0 Å². The fraction of sp³-hybridized carbons (Fsp3) is 0.538. The SMILES string of the molecule is Fc1cc2c(cc1Br)NC1CCCCC1CN2. The number of fused-ring (bicyclic) bond motifs is 2. The molecule has 0 bridgehead atoms. The minimum Gasteiger partial charge on any atom is -0.383 e. The minimum absolute atomic E-state index is 0.206. The number of nitrogens with one attached hydrogen (secondary N) is 2. The molecule has 3 rings (SSSR count). The molecule has 0 saturated heterocycles. The molecule has 92 valence electrons. The first-order valence-corrected chi connectivity index (χ1v) is 7.03. The molecule has 1 heterocycles. The van der Waals surface area contributed by atoms with Gasteiger partial charge in [0.1, 0.15) is 5.82 Å². The Hall–Kier alpha value is -0.770. The van der Waals surface area contributed by atoms with Crippen LogP contribution in [0.25, 0.3) is 0 Å². The van der Waals surface area contributed by atoms with Gasteiger partial charge >= 0.3 is 0 Å². The van der Waals surface area contributed by atoms with E-state index in [0.717, 1.165) is 17.9 Å². The summed E-state index contributed by atoms with van der Waals surface area (Å²) in [5.74, 6) is 0.459. The summed E-state index contributed by atoms with van der Waals surface area (Å²) < 4.78 is 14.0. The molecular formula is C13H16BrFN2. The molecule has 0 amide bonds. The standard InChI is InChI=1S/C13H16BrFN2/c14-9-5-13-12(6-10(9)15)16-7-8-3-1-2-4-11(8)17-13/h5-6,8,11,16-17H,1-4,7H2. The number of anilines is 2. The van der Waals surface area contributed by atoms with Crippen molar-refractivity contribution in [2.24, 2.45) is 5.92 Å². The lowest BCUT2D eigenvalue weighted by molar-refractivity contribution is 0.342. The molecule has 0 radical (unpaired) electrons. The summed E-state index contributed by atoms with van der Waals surface area (Å²) in [7, 11) is 0. The second-order valence-electron chi connectivity index (χ2n) is 4.99. The van der Waals surface area contributed by atoms with Crippen LogP contribution in [0.4, 0.5) is 15.8 Å². The van der Waals surface area contributed by atoms with Crippen molar-refractivity contribution in [1.82, 2.24) is 0 Å². The highest BCUT2D eigenvalue weighted by Gasteiger charge is 2.28. The van der Waals surface area contributed by atoms with Gasteiger partial charge in [-0.2, -0.15) is 0 Å². The molecule has 0 spiro atoms. The molecule has 17 heavy (non-hydrogen) atoms. The molecule has 1 aliphatic heterocycles. The predicted molar refractivity (Wildman–Crippen MR) is 72.0 cm³/mol. The number of hydrogen-bond donors (Lipinski definition) is 2. The summed E-state index contributed by atoms with van der Waals surface area (Å²) in [5, 5.41) is 6.94. The van der Waals surface area contributed by atoms with Crippen LogP contribution < -0.4 is 10.6 Å². The summed E-state index contributed by atoms with van der Waals surface area (Å²) in [6.45, 7) is 0.950. The van der Waals surface area contributed by atoms with E-state index in [2.05, 4.69) is 26.6 Å². The monoisotopic (exact) mass is 298 g/mol. The Morgan fingerprint density at radius 2 is 2.00 bits per heavy atom. The van der Waals surface area contributed by atoms with Gasteiger partial charge < -0.3 is 10.6 Å². The van der Waals surface area contributed by atoms with Crippen LogP contribution in [0.15, 0.2) is 16.6 Å². The molecule has 1 aromatic rings. The van der Waals surface area contributed by atoms with Gasteiger partial charge in [-0.1, -0.05) is 12.8 Å². The zero-order valence-electron chi connectivity index (χ0n) is 9.60. The fourth-order valence-corrected chi connectivity index (χ4v) is 3.24. The van der Waals surface area contributed by atoms with Crippen molar-refractivity contribution < 1.29 is 4.39 Å². The van der Waals surface area contributed by atoms with Gasteiger partial charge in [0.2, 0.25) is 0 Å². The lowest BCUT2D eigenvalue weighted by Crippen LogP contribution is -2.34. The zero-order chi connectivity index (χ0) is 11.8. The Bertz CT molecular complexity index is 436. The largest absolute Gasteiger partial charge is 0.383 e. The summed E-state index contributed by atoms with van der Waals surface area (Å²) in [5.41, 5.74) is 1.91. The predicted octanol–water partition coefficient (Wildman–Crippen LogP) is 3.98. The van der Waals surface area contributed by atoms with Gasteiger partial charge in [0.05, 0.1) is 15.8 Å². The van der Waals surface area contributed by atoms with Gasteiger partial charge in [-0.15, -0.1) is 0 Å². The molecule has 1 aliphatic carbocycles. The number of benzene rings is 1. The van der Waals surface area contributed by atoms with Crippen LogP contribution in [-0.4, -0.2) is 12.6 Å². The minimum atomic E-state index is -0.206. The van der Waals surface area contributed by atoms with Crippen LogP contribution in [0.1, 0.15) is 25.7 Å². The smallest absolute Gasteiger partial charge is 0.139 e. The first kappa shape index (κ1) is 11.3. The van der Waals surface area contributed by atoms with Crippen molar-refractivity contribution >= 4 is 27.3 Å². The van der Waals surface area contributed by atoms with Crippen molar-refractivity contribution in [1.29, 1.82) is 0 Å². The molecule has 0 aromatic heterocycles. The van der Waals surface area contributed by atoms with E-state index < -0.39 is 0 Å². The highest BCUT2D eigenvalue weighted by molar-refractivity contribution is 9.10. The van der Waals surface area contributed by atoms with Gasteiger partial charge in [0.15, 0.2) is 0 Å². The van der Waals surface area contributed by atoms with Crippen LogP contribution in [0.3, 0.4) is 0 Å². The number of hydrogen-bond acceptors (Lipinski definition) is 2. The Labute approximate surface area is 109 Å². The van der Waals surface area contributed by atoms with Crippen LogP contribution in [0.2, 0.25) is 0 Å². The quantitative estimate of drug-likeness (QED) is 0.757. The van der Waals surface area contributed by atoms with Crippen molar-refractivity contribution in [2.75, 3.05) is 17.2 Å². The van der Waals surface area contributed by atoms with E-state index in [-0.39, 0.29) is 5.82 Å². The molecule has 2 atom stereocenters. The molecular weight excluding hydrogens is 283 g/mol. The third kappa shape index (κ3) is 2.15. The third-order valence-electron chi connectivity index (χ3n) is 3.87. The lowest BCUT2D eigenvalue weighted by atomic mass is 9.84. The highest BCUT2D eigenvalue weighted by atomic mass is 79.9. The second-order valence-corrected chi connectivity index (χ2v) is 5.84. The summed E-state index contributed by atoms with van der Waals surface area (Å²) >= 11 is 3.25. The molecule has 2 nitrogen and oxygen atoms in total. The Morgan fingerprint density at radius 1 is 1.18 bits per heavy atom. The zero-order valence-corrected chi connectivity index (χ0v) is 11.2. The van der Waals surface area contributed by atoms with Crippen LogP contribution in [-0.2, 0) is 0 Å². The lowest BCUT2D eigenvalue weighted by Gasteiger charge is -2.30. The highest BCUT2D eigenvalue weighted by Crippen LogP contribution is 2.36. The second kappa shape index (κ2) is 4.48. The van der Waals surface area contributed by atoms with Crippen LogP contribution in [0.5, 0.6) is 0 Å². The number of rotatable bonds is 0. The average Bonchev–Trinajstić information content (AvgIpc) is 2.49. The Kier molecular flexibility index (Phi) is 2.99. The Balaban J connectivity index is 1.93. The van der Waals surface area contributed by atoms with Gasteiger partial charge in [0, 0.05) is 18.7 Å². The topological polar surface area (TPSA) is 24.1 Å². The summed E-state index contributed by atoms with van der Waals surface area (Å²) in [4.78, 5) is 0. The van der Waals surface area contributed by atoms with E-state index in [0.29, 0.717) is 16.4 Å². The molecule has 1 aromatic carbocycles. The van der Waals surface area contributed by atoms with Gasteiger partial charge in [-0.05, 0) is 40.8 Å². The molecule has 2 unspecified atom stereocenters. The summed E-state index contributed by atoms with van der Waals surface area (Å²) in [6, 6.07) is 3.95. The fourth-order valence-electron chi connectivity index (χ4n) is 2.90. The first-order chi connectivity index (χ1) is 8.24. The average molecular weight is 299 g/mol. The third-order valence-corrected chi connectivity index (χ3v) is 4.47.